The standard InChI is InChI=1S/C21H20ClF3N6OS/c22-16-5-2-14(3-6-16)19-27-28-20(33)31(19)13-18(32)30-9-1-8-29(10-11-30)17-7-4-15(12-26-17)21(23,24)25/h2-7,12H,1,8-11,13H2,(H,28,33). The molecule has 1 fully saturated rings. The van der Waals surface area contributed by atoms with Gasteiger partial charge in [-0.25, -0.2) is 4.98 Å². The van der Waals surface area contributed by atoms with E-state index >= 15 is 0 Å². The summed E-state index contributed by atoms with van der Waals surface area (Å²) in [5, 5.41) is 7.56. The van der Waals surface area contributed by atoms with Crippen molar-refractivity contribution in [3.8, 4) is 11.4 Å². The minimum absolute atomic E-state index is 0.0197. The first-order valence-electron chi connectivity index (χ1n) is 10.2. The van der Waals surface area contributed by atoms with Crippen LogP contribution in [0.15, 0.2) is 42.6 Å². The summed E-state index contributed by atoms with van der Waals surface area (Å²) in [6.45, 7) is 2.01. The number of halogens is 4. The van der Waals surface area contributed by atoms with Crippen LogP contribution in [-0.2, 0) is 17.5 Å². The number of nitrogens with one attached hydrogen (secondary N) is 1. The van der Waals surface area contributed by atoms with Gasteiger partial charge < -0.3 is 9.80 Å². The van der Waals surface area contributed by atoms with Gasteiger partial charge in [-0.2, -0.15) is 18.3 Å². The number of carbonyl (C=O) groups excluding carboxylic acids is 1. The number of aromatic amines is 1. The summed E-state index contributed by atoms with van der Waals surface area (Å²) in [7, 11) is 0. The van der Waals surface area contributed by atoms with Gasteiger partial charge >= 0.3 is 6.18 Å². The van der Waals surface area contributed by atoms with Crippen molar-refractivity contribution in [2.24, 2.45) is 0 Å². The molecule has 33 heavy (non-hydrogen) atoms. The largest absolute Gasteiger partial charge is 0.417 e. The molecule has 0 bridgehead atoms. The minimum Gasteiger partial charge on any atom is -0.355 e. The van der Waals surface area contributed by atoms with Crippen LogP contribution in [0.25, 0.3) is 11.4 Å². The number of amides is 1. The maximum Gasteiger partial charge on any atom is 0.417 e. The number of alkyl halides is 3. The Labute approximate surface area is 197 Å². The van der Waals surface area contributed by atoms with Crippen LogP contribution in [0.5, 0.6) is 0 Å². The van der Waals surface area contributed by atoms with Crippen LogP contribution in [0.2, 0.25) is 5.02 Å². The SMILES string of the molecule is O=C(Cn1c(-c2ccc(Cl)cc2)n[nH]c1=S)N1CCCN(c2ccc(C(F)(F)F)cn2)CC1. The van der Waals surface area contributed by atoms with Crippen LogP contribution in [0.3, 0.4) is 0 Å². The van der Waals surface area contributed by atoms with Crippen LogP contribution < -0.4 is 4.90 Å². The number of hydrogen-bond acceptors (Lipinski definition) is 5. The number of pyridine rings is 1. The quantitative estimate of drug-likeness (QED) is 0.542. The molecule has 3 heterocycles. The van der Waals surface area contributed by atoms with E-state index in [9.17, 15) is 18.0 Å². The molecule has 0 unspecified atom stereocenters. The molecule has 1 aromatic carbocycles. The van der Waals surface area contributed by atoms with Crippen LogP contribution in [0, 0.1) is 4.77 Å². The molecule has 1 aliphatic heterocycles. The van der Waals surface area contributed by atoms with Gasteiger partial charge in [0.1, 0.15) is 12.4 Å². The van der Waals surface area contributed by atoms with Crippen molar-refractivity contribution in [2.75, 3.05) is 31.1 Å². The fraction of sp³-hybridized carbons (Fsp3) is 0.333. The first-order chi connectivity index (χ1) is 15.7. The maximum atomic E-state index is 13.0. The van der Waals surface area contributed by atoms with Gasteiger partial charge in [-0.05, 0) is 55.0 Å². The predicted octanol–water partition coefficient (Wildman–Crippen LogP) is 4.41. The number of aromatic nitrogens is 4. The summed E-state index contributed by atoms with van der Waals surface area (Å²) < 4.78 is 40.3. The second-order valence-corrected chi connectivity index (χ2v) is 8.39. The lowest BCUT2D eigenvalue weighted by Crippen LogP contribution is -2.37. The van der Waals surface area contributed by atoms with Gasteiger partial charge in [0.2, 0.25) is 5.91 Å². The number of benzene rings is 1. The van der Waals surface area contributed by atoms with E-state index in [0.29, 0.717) is 54.0 Å². The van der Waals surface area contributed by atoms with Gasteiger partial charge in [-0.15, -0.1) is 0 Å². The zero-order valence-electron chi connectivity index (χ0n) is 17.3. The lowest BCUT2D eigenvalue weighted by molar-refractivity contribution is -0.137. The maximum absolute atomic E-state index is 13.0. The van der Waals surface area contributed by atoms with E-state index in [1.807, 2.05) is 4.90 Å². The first kappa shape index (κ1) is 23.2. The molecular weight excluding hydrogens is 477 g/mol. The molecule has 4 rings (SSSR count). The van der Waals surface area contributed by atoms with Crippen LogP contribution in [-0.4, -0.2) is 56.7 Å². The molecule has 3 aromatic rings. The molecule has 12 heteroatoms. The third kappa shape index (κ3) is 5.36. The Bertz CT molecular complexity index is 1180. The smallest absolute Gasteiger partial charge is 0.355 e. The molecule has 0 saturated carbocycles. The highest BCUT2D eigenvalue weighted by atomic mass is 35.5. The van der Waals surface area contributed by atoms with Crippen molar-refractivity contribution in [1.29, 1.82) is 0 Å². The Hall–Kier alpha value is -2.92. The van der Waals surface area contributed by atoms with E-state index in [1.54, 1.807) is 33.7 Å². The Morgan fingerprint density at radius 1 is 1.09 bits per heavy atom. The van der Waals surface area contributed by atoms with Crippen LogP contribution in [0.4, 0.5) is 19.0 Å². The van der Waals surface area contributed by atoms with Gasteiger partial charge in [-0.3, -0.25) is 14.5 Å². The molecule has 1 aliphatic rings. The second-order valence-electron chi connectivity index (χ2n) is 7.57. The number of carbonyl (C=O) groups is 1. The Morgan fingerprint density at radius 3 is 2.52 bits per heavy atom. The highest BCUT2D eigenvalue weighted by molar-refractivity contribution is 7.71. The van der Waals surface area contributed by atoms with Gasteiger partial charge in [-0.1, -0.05) is 11.6 Å². The van der Waals surface area contributed by atoms with Crippen LogP contribution >= 0.6 is 23.8 Å². The normalized spacial score (nSPS) is 14.9. The van der Waals surface area contributed by atoms with E-state index in [0.717, 1.165) is 17.8 Å². The fourth-order valence-corrected chi connectivity index (χ4v) is 3.98. The van der Waals surface area contributed by atoms with Crippen molar-refractivity contribution in [2.45, 2.75) is 19.1 Å². The molecule has 0 spiro atoms. The fourth-order valence-electron chi connectivity index (χ4n) is 3.66. The average Bonchev–Trinajstić information content (AvgIpc) is 2.99. The van der Waals surface area contributed by atoms with Gasteiger partial charge in [0.15, 0.2) is 10.6 Å². The van der Waals surface area contributed by atoms with E-state index in [2.05, 4.69) is 15.2 Å². The number of rotatable bonds is 4. The number of hydrogen-bond donors (Lipinski definition) is 1. The monoisotopic (exact) mass is 496 g/mol. The summed E-state index contributed by atoms with van der Waals surface area (Å²) in [4.78, 5) is 20.6. The zero-order chi connectivity index (χ0) is 23.6. The third-order valence-electron chi connectivity index (χ3n) is 5.40. The van der Waals surface area contributed by atoms with Gasteiger partial charge in [0.05, 0.1) is 5.56 Å². The summed E-state index contributed by atoms with van der Waals surface area (Å²) in [6.07, 6.45) is -2.93. The predicted molar refractivity (Wildman–Crippen MR) is 121 cm³/mol. The average molecular weight is 497 g/mol. The Morgan fingerprint density at radius 2 is 1.85 bits per heavy atom. The van der Waals surface area contributed by atoms with E-state index in [-0.39, 0.29) is 12.5 Å². The molecule has 1 amide bonds. The highest BCUT2D eigenvalue weighted by Crippen LogP contribution is 2.29. The van der Waals surface area contributed by atoms with Crippen molar-refractivity contribution < 1.29 is 18.0 Å². The summed E-state index contributed by atoms with van der Waals surface area (Å²) in [6, 6.07) is 9.46. The third-order valence-corrected chi connectivity index (χ3v) is 5.97. The van der Waals surface area contributed by atoms with Crippen molar-refractivity contribution in [3.63, 3.8) is 0 Å². The molecule has 0 radical (unpaired) electrons. The molecule has 1 N–H and O–H groups in total. The van der Waals surface area contributed by atoms with Crippen LogP contribution in [0.1, 0.15) is 12.0 Å². The highest BCUT2D eigenvalue weighted by Gasteiger charge is 2.31. The summed E-state index contributed by atoms with van der Waals surface area (Å²) >= 11 is 11.3. The minimum atomic E-state index is -4.42. The lowest BCUT2D eigenvalue weighted by atomic mass is 10.2. The van der Waals surface area contributed by atoms with Crippen molar-refractivity contribution in [3.05, 3.63) is 58.0 Å². The van der Waals surface area contributed by atoms with E-state index in [4.69, 9.17) is 23.8 Å². The Balaban J connectivity index is 1.43. The molecule has 1 saturated heterocycles. The molecule has 2 aromatic heterocycles. The van der Waals surface area contributed by atoms with E-state index < -0.39 is 11.7 Å². The van der Waals surface area contributed by atoms with Crippen molar-refractivity contribution >= 4 is 35.5 Å². The summed E-state index contributed by atoms with van der Waals surface area (Å²) in [5.41, 5.74) is -0.0128. The number of nitrogens with zero attached hydrogens (tertiary/aromatic N) is 5. The second kappa shape index (κ2) is 9.52. The lowest BCUT2D eigenvalue weighted by Gasteiger charge is -2.23. The number of H-pyrrole nitrogens is 1. The molecular formula is C21H20ClF3N6OS. The molecule has 7 nitrogen and oxygen atoms in total. The molecule has 0 aliphatic carbocycles. The van der Waals surface area contributed by atoms with Gasteiger partial charge in [0.25, 0.3) is 0 Å². The summed E-state index contributed by atoms with van der Waals surface area (Å²) in [5.74, 6) is 0.875. The van der Waals surface area contributed by atoms with Crippen molar-refractivity contribution in [1.82, 2.24) is 24.6 Å². The Kier molecular flexibility index (Phi) is 6.71. The molecule has 174 valence electrons. The topological polar surface area (TPSA) is 70.1 Å². The zero-order valence-corrected chi connectivity index (χ0v) is 18.9. The van der Waals surface area contributed by atoms with E-state index in [1.165, 1.54) is 6.07 Å². The molecule has 0 atom stereocenters. The number of anilines is 1. The first-order valence-corrected chi connectivity index (χ1v) is 11.0. The van der Waals surface area contributed by atoms with Gasteiger partial charge in [0, 0.05) is 43.0 Å².